The molecular weight excluding hydrogens is 238 g/mol. The molecule has 0 radical (unpaired) electrons. The number of rotatable bonds is 2. The van der Waals surface area contributed by atoms with E-state index in [0.29, 0.717) is 0 Å². The van der Waals surface area contributed by atoms with Crippen LogP contribution in [0.3, 0.4) is 0 Å². The van der Waals surface area contributed by atoms with Crippen LogP contribution in [-0.2, 0) is 6.42 Å². The van der Waals surface area contributed by atoms with E-state index in [1.165, 1.54) is 5.56 Å². The van der Waals surface area contributed by atoms with E-state index in [1.54, 1.807) is 0 Å². The Kier molecular flexibility index (Phi) is 3.26. The SMILES string of the molecule is CC1(C)CSC(C)(Cc2ccc(Cl)cc2)N1. The van der Waals surface area contributed by atoms with Gasteiger partial charge in [-0.05, 0) is 44.9 Å². The highest BCUT2D eigenvalue weighted by Gasteiger charge is 2.39. The molecule has 1 saturated heterocycles. The van der Waals surface area contributed by atoms with Gasteiger partial charge in [-0.1, -0.05) is 23.7 Å². The van der Waals surface area contributed by atoms with Crippen LogP contribution in [0.5, 0.6) is 0 Å². The third-order valence-electron chi connectivity index (χ3n) is 2.81. The van der Waals surface area contributed by atoms with Crippen LogP contribution in [0.15, 0.2) is 24.3 Å². The molecule has 0 saturated carbocycles. The monoisotopic (exact) mass is 255 g/mol. The van der Waals surface area contributed by atoms with Gasteiger partial charge in [0.15, 0.2) is 0 Å². The predicted molar refractivity (Wildman–Crippen MR) is 73.2 cm³/mol. The molecule has 88 valence electrons. The largest absolute Gasteiger partial charge is 0.297 e. The van der Waals surface area contributed by atoms with Crippen molar-refractivity contribution in [3.8, 4) is 0 Å². The Balaban J connectivity index is 2.07. The maximum absolute atomic E-state index is 5.89. The zero-order valence-electron chi connectivity index (χ0n) is 10.0. The second kappa shape index (κ2) is 4.25. The van der Waals surface area contributed by atoms with Gasteiger partial charge in [-0.2, -0.15) is 0 Å². The Morgan fingerprint density at radius 3 is 2.38 bits per heavy atom. The Labute approximate surface area is 107 Å². The van der Waals surface area contributed by atoms with E-state index < -0.39 is 0 Å². The summed E-state index contributed by atoms with van der Waals surface area (Å²) >= 11 is 7.89. The molecule has 1 unspecified atom stereocenters. The average molecular weight is 256 g/mol. The molecule has 1 heterocycles. The van der Waals surface area contributed by atoms with Gasteiger partial charge in [0.2, 0.25) is 0 Å². The fourth-order valence-electron chi connectivity index (χ4n) is 2.21. The summed E-state index contributed by atoms with van der Waals surface area (Å²) < 4.78 is 0. The minimum absolute atomic E-state index is 0.150. The Bertz CT molecular complexity index is 374. The Morgan fingerprint density at radius 1 is 1.25 bits per heavy atom. The van der Waals surface area contributed by atoms with Crippen LogP contribution < -0.4 is 5.32 Å². The molecule has 0 spiro atoms. The summed E-state index contributed by atoms with van der Waals surface area (Å²) in [6.07, 6.45) is 1.04. The minimum atomic E-state index is 0.150. The van der Waals surface area contributed by atoms with Crippen LogP contribution in [0, 0.1) is 0 Å². The number of nitrogens with one attached hydrogen (secondary N) is 1. The molecule has 0 aromatic heterocycles. The number of halogens is 1. The molecule has 0 aliphatic carbocycles. The molecule has 1 fully saturated rings. The molecule has 16 heavy (non-hydrogen) atoms. The van der Waals surface area contributed by atoms with Crippen LogP contribution >= 0.6 is 23.4 Å². The lowest BCUT2D eigenvalue weighted by molar-refractivity contribution is 0.379. The maximum Gasteiger partial charge on any atom is 0.0662 e. The fraction of sp³-hybridized carbons (Fsp3) is 0.538. The van der Waals surface area contributed by atoms with Crippen LogP contribution in [0.25, 0.3) is 0 Å². The molecule has 0 bridgehead atoms. The average Bonchev–Trinajstić information content (AvgIpc) is 2.45. The van der Waals surface area contributed by atoms with Gasteiger partial charge < -0.3 is 0 Å². The van der Waals surface area contributed by atoms with Crippen molar-refractivity contribution in [1.82, 2.24) is 5.32 Å². The van der Waals surface area contributed by atoms with E-state index in [-0.39, 0.29) is 10.4 Å². The van der Waals surface area contributed by atoms with Crippen molar-refractivity contribution in [2.75, 3.05) is 5.75 Å². The Morgan fingerprint density at radius 2 is 1.88 bits per heavy atom. The lowest BCUT2D eigenvalue weighted by Gasteiger charge is -2.27. The fourth-order valence-corrected chi connectivity index (χ4v) is 3.71. The van der Waals surface area contributed by atoms with Crippen LogP contribution in [-0.4, -0.2) is 16.2 Å². The summed E-state index contributed by atoms with van der Waals surface area (Å²) in [5.74, 6) is 1.16. The van der Waals surface area contributed by atoms with Crippen molar-refractivity contribution in [3.05, 3.63) is 34.9 Å². The van der Waals surface area contributed by atoms with E-state index in [0.717, 1.165) is 17.2 Å². The summed E-state index contributed by atoms with van der Waals surface area (Å²) in [6, 6.07) is 8.15. The summed E-state index contributed by atoms with van der Waals surface area (Å²) in [5.41, 5.74) is 1.58. The third-order valence-corrected chi connectivity index (χ3v) is 4.81. The first-order valence-corrected chi connectivity index (χ1v) is 6.93. The van der Waals surface area contributed by atoms with Crippen LogP contribution in [0.1, 0.15) is 26.3 Å². The smallest absolute Gasteiger partial charge is 0.0662 e. The van der Waals surface area contributed by atoms with Gasteiger partial charge in [0.1, 0.15) is 0 Å². The van der Waals surface area contributed by atoms with Gasteiger partial charge in [0.05, 0.1) is 4.87 Å². The molecule has 1 aliphatic heterocycles. The van der Waals surface area contributed by atoms with Gasteiger partial charge in [-0.3, -0.25) is 5.32 Å². The van der Waals surface area contributed by atoms with Crippen molar-refractivity contribution in [2.45, 2.75) is 37.6 Å². The predicted octanol–water partition coefficient (Wildman–Crippen LogP) is 3.71. The topological polar surface area (TPSA) is 12.0 Å². The molecular formula is C13H18ClNS. The number of hydrogen-bond acceptors (Lipinski definition) is 2. The summed E-state index contributed by atoms with van der Waals surface area (Å²) in [6.45, 7) is 6.79. The number of thioether (sulfide) groups is 1. The molecule has 1 aromatic carbocycles. The second-order valence-corrected chi connectivity index (χ2v) is 7.25. The molecule has 2 rings (SSSR count). The zero-order valence-corrected chi connectivity index (χ0v) is 11.6. The van der Waals surface area contributed by atoms with Gasteiger partial charge in [-0.25, -0.2) is 0 Å². The highest BCUT2D eigenvalue weighted by molar-refractivity contribution is 8.00. The van der Waals surface area contributed by atoms with Crippen molar-refractivity contribution < 1.29 is 0 Å². The Hall–Kier alpha value is -0.180. The molecule has 1 aliphatic rings. The van der Waals surface area contributed by atoms with Crippen LogP contribution in [0.2, 0.25) is 5.02 Å². The molecule has 1 nitrogen and oxygen atoms in total. The third kappa shape index (κ3) is 2.93. The summed E-state index contributed by atoms with van der Waals surface area (Å²) in [7, 11) is 0. The summed E-state index contributed by atoms with van der Waals surface area (Å²) in [5, 5.41) is 4.51. The van der Waals surface area contributed by atoms with Gasteiger partial charge in [-0.15, -0.1) is 11.8 Å². The molecule has 1 aromatic rings. The van der Waals surface area contributed by atoms with Gasteiger partial charge in [0.25, 0.3) is 0 Å². The number of benzene rings is 1. The zero-order chi connectivity index (χ0) is 11.8. The van der Waals surface area contributed by atoms with E-state index in [9.17, 15) is 0 Å². The van der Waals surface area contributed by atoms with Gasteiger partial charge in [0, 0.05) is 16.3 Å². The van der Waals surface area contributed by atoms with E-state index in [2.05, 4.69) is 38.2 Å². The molecule has 1 N–H and O–H groups in total. The molecule has 0 amide bonds. The minimum Gasteiger partial charge on any atom is -0.297 e. The first kappa shape index (κ1) is 12.3. The lowest BCUT2D eigenvalue weighted by atomic mass is 10.0. The molecule has 3 heteroatoms. The lowest BCUT2D eigenvalue weighted by Crippen LogP contribution is -2.46. The first-order valence-electron chi connectivity index (χ1n) is 5.56. The van der Waals surface area contributed by atoms with Gasteiger partial charge >= 0.3 is 0 Å². The standard InChI is InChI=1S/C13H18ClNS/c1-12(2)9-16-13(3,15-12)8-10-4-6-11(14)7-5-10/h4-7,15H,8-9H2,1-3H3. The van der Waals surface area contributed by atoms with E-state index in [1.807, 2.05) is 23.9 Å². The van der Waals surface area contributed by atoms with Crippen LogP contribution in [0.4, 0.5) is 0 Å². The van der Waals surface area contributed by atoms with E-state index in [4.69, 9.17) is 11.6 Å². The first-order chi connectivity index (χ1) is 7.39. The second-order valence-electron chi connectivity index (χ2n) is 5.33. The normalized spacial score (nSPS) is 28.2. The quantitative estimate of drug-likeness (QED) is 0.865. The highest BCUT2D eigenvalue weighted by Crippen LogP contribution is 2.37. The van der Waals surface area contributed by atoms with Crippen molar-refractivity contribution in [3.63, 3.8) is 0 Å². The van der Waals surface area contributed by atoms with Crippen molar-refractivity contribution in [2.24, 2.45) is 0 Å². The summed E-state index contributed by atoms with van der Waals surface area (Å²) in [4.78, 5) is 0.150. The maximum atomic E-state index is 5.89. The number of hydrogen-bond donors (Lipinski definition) is 1. The van der Waals surface area contributed by atoms with Crippen molar-refractivity contribution >= 4 is 23.4 Å². The van der Waals surface area contributed by atoms with E-state index >= 15 is 0 Å². The molecule has 1 atom stereocenters. The highest BCUT2D eigenvalue weighted by atomic mass is 35.5. The van der Waals surface area contributed by atoms with Crippen molar-refractivity contribution in [1.29, 1.82) is 0 Å².